The van der Waals surface area contributed by atoms with Crippen LogP contribution in [0.25, 0.3) is 0 Å². The van der Waals surface area contributed by atoms with Gasteiger partial charge in [-0.1, -0.05) is 6.42 Å². The molecule has 6 heteroatoms. The smallest absolute Gasteiger partial charge is 0.193 e. The van der Waals surface area contributed by atoms with Gasteiger partial charge < -0.3 is 20.1 Å². The molecular formula is C17H32IN3O2. The molecule has 3 fully saturated rings. The van der Waals surface area contributed by atoms with Gasteiger partial charge in [0.1, 0.15) is 0 Å². The third-order valence-corrected chi connectivity index (χ3v) is 5.72. The summed E-state index contributed by atoms with van der Waals surface area (Å²) in [5.41, 5.74) is 0.446. The fourth-order valence-electron chi connectivity index (χ4n) is 4.19. The van der Waals surface area contributed by atoms with Gasteiger partial charge in [-0.3, -0.25) is 4.99 Å². The number of likely N-dealkylation sites (tertiary alicyclic amines) is 1. The fourth-order valence-corrected chi connectivity index (χ4v) is 4.19. The van der Waals surface area contributed by atoms with Gasteiger partial charge in [-0.05, 0) is 44.4 Å². The first-order chi connectivity index (χ1) is 10.7. The number of ether oxygens (including phenoxy) is 1. The summed E-state index contributed by atoms with van der Waals surface area (Å²) in [6, 6.07) is 0. The van der Waals surface area contributed by atoms with Crippen molar-refractivity contribution in [3.05, 3.63) is 0 Å². The Bertz CT molecular complexity index is 399. The number of guanidine groups is 1. The van der Waals surface area contributed by atoms with E-state index in [9.17, 15) is 5.11 Å². The van der Waals surface area contributed by atoms with Crippen LogP contribution in [-0.4, -0.2) is 61.5 Å². The normalized spacial score (nSPS) is 30.5. The number of hydrogen-bond donors (Lipinski definition) is 2. The van der Waals surface area contributed by atoms with Gasteiger partial charge in [0.2, 0.25) is 0 Å². The third kappa shape index (κ3) is 4.72. The van der Waals surface area contributed by atoms with Crippen molar-refractivity contribution in [3.8, 4) is 0 Å². The Morgan fingerprint density at radius 3 is 2.74 bits per heavy atom. The molecule has 2 atom stereocenters. The molecule has 0 radical (unpaired) electrons. The van der Waals surface area contributed by atoms with E-state index in [4.69, 9.17) is 9.73 Å². The Labute approximate surface area is 157 Å². The summed E-state index contributed by atoms with van der Waals surface area (Å²) in [6.45, 7) is 7.81. The lowest BCUT2D eigenvalue weighted by molar-refractivity contribution is 0.0217. The maximum atomic E-state index is 9.98. The molecule has 1 saturated carbocycles. The van der Waals surface area contributed by atoms with Gasteiger partial charge in [0.15, 0.2) is 5.96 Å². The third-order valence-electron chi connectivity index (χ3n) is 5.72. The van der Waals surface area contributed by atoms with Crippen LogP contribution in [0, 0.1) is 11.3 Å². The Morgan fingerprint density at radius 1 is 1.30 bits per heavy atom. The lowest BCUT2D eigenvalue weighted by Crippen LogP contribution is -2.42. The Hall–Kier alpha value is -0.0800. The van der Waals surface area contributed by atoms with Crippen LogP contribution in [0.3, 0.4) is 0 Å². The predicted molar refractivity (Wildman–Crippen MR) is 103 cm³/mol. The number of nitrogens with zero attached hydrogens (tertiary/aromatic N) is 2. The first kappa shape index (κ1) is 19.2. The van der Waals surface area contributed by atoms with Crippen LogP contribution in [0.1, 0.15) is 45.4 Å². The van der Waals surface area contributed by atoms with E-state index in [1.165, 1.54) is 19.3 Å². The summed E-state index contributed by atoms with van der Waals surface area (Å²) >= 11 is 0. The van der Waals surface area contributed by atoms with Crippen molar-refractivity contribution < 1.29 is 9.84 Å². The van der Waals surface area contributed by atoms with Gasteiger partial charge in [-0.2, -0.15) is 0 Å². The van der Waals surface area contributed by atoms with Gasteiger partial charge in [-0.25, -0.2) is 0 Å². The van der Waals surface area contributed by atoms with Gasteiger partial charge >= 0.3 is 0 Å². The minimum absolute atomic E-state index is 0. The molecule has 0 bridgehead atoms. The van der Waals surface area contributed by atoms with E-state index in [2.05, 4.69) is 17.1 Å². The lowest BCUT2D eigenvalue weighted by Gasteiger charge is -2.33. The van der Waals surface area contributed by atoms with Crippen LogP contribution >= 0.6 is 24.0 Å². The van der Waals surface area contributed by atoms with E-state index in [-0.39, 0.29) is 30.1 Å². The molecule has 0 aromatic rings. The number of aliphatic hydroxyl groups is 1. The molecule has 1 aliphatic carbocycles. The summed E-state index contributed by atoms with van der Waals surface area (Å²) in [4.78, 5) is 7.27. The van der Waals surface area contributed by atoms with Crippen molar-refractivity contribution in [1.82, 2.24) is 10.2 Å². The zero-order valence-electron chi connectivity index (χ0n) is 14.3. The zero-order chi connectivity index (χ0) is 15.4. The number of nitrogens with one attached hydrogen (secondary N) is 1. The molecule has 23 heavy (non-hydrogen) atoms. The van der Waals surface area contributed by atoms with E-state index < -0.39 is 0 Å². The number of halogens is 1. The van der Waals surface area contributed by atoms with Gasteiger partial charge in [0.25, 0.3) is 0 Å². The molecule has 0 amide bonds. The van der Waals surface area contributed by atoms with E-state index in [0.29, 0.717) is 11.3 Å². The molecule has 5 nitrogen and oxygen atoms in total. The topological polar surface area (TPSA) is 57.1 Å². The Morgan fingerprint density at radius 2 is 2.09 bits per heavy atom. The van der Waals surface area contributed by atoms with Crippen molar-refractivity contribution in [3.63, 3.8) is 0 Å². The molecule has 2 unspecified atom stereocenters. The summed E-state index contributed by atoms with van der Waals surface area (Å²) in [5, 5.41) is 13.4. The molecule has 0 aromatic heterocycles. The average Bonchev–Trinajstić information content (AvgIpc) is 3.12. The van der Waals surface area contributed by atoms with Gasteiger partial charge in [-0.15, -0.1) is 24.0 Å². The molecule has 3 rings (SSSR count). The van der Waals surface area contributed by atoms with E-state index in [1.54, 1.807) is 0 Å². The number of aliphatic hydroxyl groups excluding tert-OH is 1. The summed E-state index contributed by atoms with van der Waals surface area (Å²) in [6.07, 6.45) is 6.69. The number of aliphatic imine (C=N–C) groups is 1. The minimum Gasteiger partial charge on any atom is -0.393 e. The second-order valence-corrected chi connectivity index (χ2v) is 7.24. The maximum Gasteiger partial charge on any atom is 0.193 e. The monoisotopic (exact) mass is 437 g/mol. The van der Waals surface area contributed by atoms with Crippen molar-refractivity contribution >= 4 is 29.9 Å². The van der Waals surface area contributed by atoms with Crippen molar-refractivity contribution in [2.75, 3.05) is 39.4 Å². The molecule has 2 saturated heterocycles. The molecular weight excluding hydrogens is 405 g/mol. The molecule has 2 heterocycles. The number of rotatable bonds is 3. The number of hydrogen-bond acceptors (Lipinski definition) is 3. The van der Waals surface area contributed by atoms with Gasteiger partial charge in [0, 0.05) is 45.3 Å². The largest absolute Gasteiger partial charge is 0.393 e. The van der Waals surface area contributed by atoms with Crippen molar-refractivity contribution in [1.29, 1.82) is 0 Å². The van der Waals surface area contributed by atoms with Crippen LogP contribution in [0.15, 0.2) is 4.99 Å². The second kappa shape index (κ2) is 8.85. The summed E-state index contributed by atoms with van der Waals surface area (Å²) in [5.74, 6) is 1.40. The highest BCUT2D eigenvalue weighted by molar-refractivity contribution is 14.0. The first-order valence-corrected chi connectivity index (χ1v) is 9.01. The zero-order valence-corrected chi connectivity index (χ0v) is 16.6. The molecule has 134 valence electrons. The average molecular weight is 437 g/mol. The molecule has 2 N–H and O–H groups in total. The molecule has 1 spiro atoms. The van der Waals surface area contributed by atoms with Crippen LogP contribution in [0.2, 0.25) is 0 Å². The standard InChI is InChI=1S/C17H31N3O2.HI/c1-2-18-16(19-12-14-4-3-5-15(14)21)20-9-6-17(13-20)7-10-22-11-8-17;/h14-15,21H,2-13H2,1H3,(H,18,19);1H. The Kier molecular flexibility index (Phi) is 7.41. The minimum atomic E-state index is -0.146. The highest BCUT2D eigenvalue weighted by Gasteiger charge is 2.40. The first-order valence-electron chi connectivity index (χ1n) is 9.01. The quantitative estimate of drug-likeness (QED) is 0.404. The lowest BCUT2D eigenvalue weighted by atomic mass is 9.80. The maximum absolute atomic E-state index is 9.98. The molecule has 2 aliphatic heterocycles. The van der Waals surface area contributed by atoms with Crippen LogP contribution in [0.5, 0.6) is 0 Å². The molecule has 3 aliphatic rings. The highest BCUT2D eigenvalue weighted by Crippen LogP contribution is 2.39. The van der Waals surface area contributed by atoms with Crippen molar-refractivity contribution in [2.45, 2.75) is 51.6 Å². The van der Waals surface area contributed by atoms with Crippen molar-refractivity contribution in [2.24, 2.45) is 16.3 Å². The fraction of sp³-hybridized carbons (Fsp3) is 0.941. The highest BCUT2D eigenvalue weighted by atomic mass is 127. The van der Waals surface area contributed by atoms with E-state index >= 15 is 0 Å². The summed E-state index contributed by atoms with van der Waals surface area (Å²) < 4.78 is 5.53. The van der Waals surface area contributed by atoms with E-state index in [0.717, 1.165) is 64.6 Å². The predicted octanol–water partition coefficient (Wildman–Crippen LogP) is 2.23. The second-order valence-electron chi connectivity index (χ2n) is 7.24. The van der Waals surface area contributed by atoms with Crippen LogP contribution < -0.4 is 5.32 Å². The Balaban J connectivity index is 0.00000192. The van der Waals surface area contributed by atoms with Gasteiger partial charge in [0.05, 0.1) is 6.10 Å². The summed E-state index contributed by atoms with van der Waals surface area (Å²) in [7, 11) is 0. The SMILES string of the molecule is CCNC(=NCC1CCCC1O)N1CCC2(CCOCC2)C1.I. The van der Waals surface area contributed by atoms with E-state index in [1.807, 2.05) is 0 Å². The van der Waals surface area contributed by atoms with Crippen LogP contribution in [0.4, 0.5) is 0 Å². The molecule has 0 aromatic carbocycles. The van der Waals surface area contributed by atoms with Crippen LogP contribution in [-0.2, 0) is 4.74 Å².